The first-order valence-corrected chi connectivity index (χ1v) is 11.8. The van der Waals surface area contributed by atoms with Crippen LogP contribution in [0.15, 0.2) is 22.5 Å². The maximum Gasteiger partial charge on any atom is 0.190 e. The molecule has 1 aromatic rings. The normalized spacial score (nSPS) is 21.7. The Morgan fingerprint density at radius 1 is 1.29 bits per heavy atom. The molecule has 2 rings (SSSR count). The number of guanidine groups is 1. The molecule has 0 spiro atoms. The number of piperidine rings is 1. The topological polar surface area (TPSA) is 42.9 Å². The van der Waals surface area contributed by atoms with Crippen LogP contribution in [0.5, 0.6) is 0 Å². The number of hydrogen-bond acceptors (Lipinski definition) is 4. The molecule has 28 heavy (non-hydrogen) atoms. The van der Waals surface area contributed by atoms with Gasteiger partial charge in [-0.3, -0.25) is 14.8 Å². The predicted octanol–water partition coefficient (Wildman–Crippen LogP) is 3.80. The van der Waals surface area contributed by atoms with Crippen LogP contribution in [0.4, 0.5) is 0 Å². The van der Waals surface area contributed by atoms with Crippen LogP contribution in [0.1, 0.15) is 57.9 Å². The van der Waals surface area contributed by atoms with Crippen molar-refractivity contribution >= 4 is 17.3 Å². The number of aliphatic imine (C=N–C) groups is 1. The highest BCUT2D eigenvalue weighted by molar-refractivity contribution is 7.10. The average Bonchev–Trinajstić information content (AvgIpc) is 3.17. The molecule has 2 heterocycles. The van der Waals surface area contributed by atoms with Gasteiger partial charge in [-0.1, -0.05) is 6.07 Å². The van der Waals surface area contributed by atoms with Crippen molar-refractivity contribution in [2.24, 2.45) is 10.9 Å². The number of likely N-dealkylation sites (tertiary alicyclic amines) is 1. The van der Waals surface area contributed by atoms with Gasteiger partial charge in [0.2, 0.25) is 0 Å². The van der Waals surface area contributed by atoms with Crippen molar-refractivity contribution in [3.05, 3.63) is 22.4 Å². The molecule has 1 aliphatic heterocycles. The number of hydrogen-bond donors (Lipinski definition) is 2. The second-order valence-electron chi connectivity index (χ2n) is 8.50. The maximum absolute atomic E-state index is 4.44. The lowest BCUT2D eigenvalue weighted by atomic mass is 9.88. The quantitative estimate of drug-likeness (QED) is 0.371. The number of nitrogens with one attached hydrogen (secondary N) is 2. The molecule has 160 valence electrons. The molecule has 2 atom stereocenters. The Morgan fingerprint density at radius 2 is 2.04 bits per heavy atom. The van der Waals surface area contributed by atoms with Gasteiger partial charge in [-0.2, -0.15) is 0 Å². The van der Waals surface area contributed by atoms with Gasteiger partial charge < -0.3 is 10.6 Å². The van der Waals surface area contributed by atoms with Crippen LogP contribution in [-0.2, 0) is 0 Å². The maximum atomic E-state index is 4.44. The Kier molecular flexibility index (Phi) is 9.75. The highest BCUT2D eigenvalue weighted by Gasteiger charge is 2.31. The third kappa shape index (κ3) is 6.75. The minimum absolute atomic E-state index is 0.519. The molecule has 0 saturated carbocycles. The smallest absolute Gasteiger partial charge is 0.190 e. The molecular formula is C22H41N5S. The molecule has 1 aromatic heterocycles. The first-order chi connectivity index (χ1) is 13.4. The summed E-state index contributed by atoms with van der Waals surface area (Å²) in [5.41, 5.74) is 0. The van der Waals surface area contributed by atoms with Crippen LogP contribution in [0, 0.1) is 5.92 Å². The summed E-state index contributed by atoms with van der Waals surface area (Å²) < 4.78 is 0. The molecule has 0 aromatic carbocycles. The first-order valence-electron chi connectivity index (χ1n) is 10.9. The fourth-order valence-electron chi connectivity index (χ4n) is 4.41. The van der Waals surface area contributed by atoms with Gasteiger partial charge in [-0.05, 0) is 77.9 Å². The van der Waals surface area contributed by atoms with E-state index in [1.165, 1.54) is 24.3 Å². The van der Waals surface area contributed by atoms with Gasteiger partial charge in [-0.15, -0.1) is 11.3 Å². The van der Waals surface area contributed by atoms with Crippen LogP contribution in [0.2, 0.25) is 0 Å². The van der Waals surface area contributed by atoms with Crippen LogP contribution in [0.25, 0.3) is 0 Å². The molecule has 1 saturated heterocycles. The van der Waals surface area contributed by atoms with E-state index in [-0.39, 0.29) is 0 Å². The number of nitrogens with zero attached hydrogens (tertiary/aromatic N) is 3. The van der Waals surface area contributed by atoms with E-state index in [9.17, 15) is 0 Å². The van der Waals surface area contributed by atoms with Gasteiger partial charge >= 0.3 is 0 Å². The average molecular weight is 408 g/mol. The molecule has 2 unspecified atom stereocenters. The Morgan fingerprint density at radius 3 is 2.64 bits per heavy atom. The predicted molar refractivity (Wildman–Crippen MR) is 123 cm³/mol. The zero-order valence-corrected chi connectivity index (χ0v) is 19.6. The van der Waals surface area contributed by atoms with Gasteiger partial charge in [0, 0.05) is 49.7 Å². The fraction of sp³-hybridized carbons (Fsp3) is 0.773. The van der Waals surface area contributed by atoms with Gasteiger partial charge in [0.25, 0.3) is 0 Å². The lowest BCUT2D eigenvalue weighted by Gasteiger charge is -2.39. The van der Waals surface area contributed by atoms with Crippen molar-refractivity contribution in [2.45, 2.75) is 65.1 Å². The molecule has 0 amide bonds. The Bertz CT molecular complexity index is 561. The van der Waals surface area contributed by atoms with Gasteiger partial charge in [0.15, 0.2) is 5.96 Å². The standard InChI is InChI=1S/C22H41N5S/c1-17(2)27(18(3)4)14-9-12-24-22(23-5)25-16-19-10-7-13-26(6)21(19)20-11-8-15-28-20/h8,11,15,17-19,21H,7,9-10,12-14,16H2,1-6H3,(H2,23,24,25). The van der Waals surface area contributed by atoms with Crippen molar-refractivity contribution in [3.63, 3.8) is 0 Å². The summed E-state index contributed by atoms with van der Waals surface area (Å²) in [5, 5.41) is 9.29. The molecule has 0 bridgehead atoms. The summed E-state index contributed by atoms with van der Waals surface area (Å²) in [6.45, 7) is 13.3. The summed E-state index contributed by atoms with van der Waals surface area (Å²) in [6.07, 6.45) is 3.67. The molecule has 5 nitrogen and oxygen atoms in total. The largest absolute Gasteiger partial charge is 0.356 e. The Hall–Kier alpha value is -1.11. The second-order valence-corrected chi connectivity index (χ2v) is 9.48. The molecular weight excluding hydrogens is 366 g/mol. The minimum Gasteiger partial charge on any atom is -0.356 e. The third-order valence-electron chi connectivity index (χ3n) is 5.81. The zero-order valence-electron chi connectivity index (χ0n) is 18.7. The zero-order chi connectivity index (χ0) is 20.5. The lowest BCUT2D eigenvalue weighted by Crippen LogP contribution is -2.45. The summed E-state index contributed by atoms with van der Waals surface area (Å²) in [5.74, 6) is 1.55. The van der Waals surface area contributed by atoms with E-state index in [0.717, 1.165) is 32.0 Å². The van der Waals surface area contributed by atoms with Gasteiger partial charge in [0.05, 0.1) is 0 Å². The summed E-state index contributed by atoms with van der Waals surface area (Å²) in [4.78, 5) is 11.0. The third-order valence-corrected chi connectivity index (χ3v) is 6.75. The van der Waals surface area contributed by atoms with E-state index in [4.69, 9.17) is 0 Å². The first kappa shape index (κ1) is 23.2. The summed E-state index contributed by atoms with van der Waals surface area (Å²) in [7, 11) is 4.13. The van der Waals surface area contributed by atoms with Crippen molar-refractivity contribution in [1.29, 1.82) is 0 Å². The molecule has 6 heteroatoms. The van der Waals surface area contributed by atoms with E-state index in [1.807, 2.05) is 18.4 Å². The fourth-order valence-corrected chi connectivity index (χ4v) is 5.40. The van der Waals surface area contributed by atoms with E-state index >= 15 is 0 Å². The van der Waals surface area contributed by atoms with E-state index in [2.05, 4.69) is 77.7 Å². The van der Waals surface area contributed by atoms with E-state index < -0.39 is 0 Å². The Balaban J connectivity index is 1.79. The van der Waals surface area contributed by atoms with Crippen molar-refractivity contribution in [1.82, 2.24) is 20.4 Å². The molecule has 2 N–H and O–H groups in total. The van der Waals surface area contributed by atoms with Gasteiger partial charge in [-0.25, -0.2) is 0 Å². The van der Waals surface area contributed by atoms with Crippen molar-refractivity contribution in [3.8, 4) is 0 Å². The van der Waals surface area contributed by atoms with E-state index in [1.54, 1.807) is 0 Å². The van der Waals surface area contributed by atoms with Crippen LogP contribution in [0.3, 0.4) is 0 Å². The molecule has 0 radical (unpaired) electrons. The van der Waals surface area contributed by atoms with Crippen molar-refractivity contribution < 1.29 is 0 Å². The van der Waals surface area contributed by atoms with Crippen LogP contribution >= 0.6 is 11.3 Å². The second kappa shape index (κ2) is 11.8. The summed E-state index contributed by atoms with van der Waals surface area (Å²) in [6, 6.07) is 6.16. The molecule has 1 aliphatic rings. The molecule has 0 aliphatic carbocycles. The van der Waals surface area contributed by atoms with Crippen LogP contribution in [-0.4, -0.2) is 68.1 Å². The molecule has 1 fully saturated rings. The number of thiophene rings is 1. The highest BCUT2D eigenvalue weighted by Crippen LogP contribution is 2.36. The van der Waals surface area contributed by atoms with Crippen LogP contribution < -0.4 is 10.6 Å². The minimum atomic E-state index is 0.519. The summed E-state index contributed by atoms with van der Waals surface area (Å²) >= 11 is 1.88. The van der Waals surface area contributed by atoms with Crippen molar-refractivity contribution in [2.75, 3.05) is 40.3 Å². The van der Waals surface area contributed by atoms with Gasteiger partial charge in [0.1, 0.15) is 0 Å². The SMILES string of the molecule is CN=C(NCCCN(C(C)C)C(C)C)NCC1CCCN(C)C1c1cccs1. The highest BCUT2D eigenvalue weighted by atomic mass is 32.1. The number of rotatable bonds is 9. The monoisotopic (exact) mass is 407 g/mol. The Labute approximate surface area is 176 Å². The van der Waals surface area contributed by atoms with E-state index in [0.29, 0.717) is 24.0 Å². The lowest BCUT2D eigenvalue weighted by molar-refractivity contribution is 0.125.